The first-order valence-corrected chi connectivity index (χ1v) is 9.59. The standard InChI is InChI=1S/C20H23IN2O/c1-15-5-10-18(19(21)13-15)20(24)22-14-16-6-8-17(9-7-16)23-11-3-2-4-12-23/h5-10,13H,2-4,11-12,14H2,1H3,(H,22,24). The second kappa shape index (κ2) is 8.01. The first kappa shape index (κ1) is 17.3. The van der Waals surface area contributed by atoms with Crippen LogP contribution in [0.4, 0.5) is 5.69 Å². The maximum absolute atomic E-state index is 12.3. The molecule has 4 heteroatoms. The third-order valence-electron chi connectivity index (χ3n) is 4.48. The Labute approximate surface area is 157 Å². The number of halogens is 1. The number of benzene rings is 2. The van der Waals surface area contributed by atoms with E-state index in [0.29, 0.717) is 6.54 Å². The van der Waals surface area contributed by atoms with E-state index >= 15 is 0 Å². The second-order valence-electron chi connectivity index (χ2n) is 6.38. The average molecular weight is 434 g/mol. The Kier molecular flexibility index (Phi) is 5.76. The molecule has 3 rings (SSSR count). The summed E-state index contributed by atoms with van der Waals surface area (Å²) in [6.07, 6.45) is 3.92. The molecule has 3 nitrogen and oxygen atoms in total. The topological polar surface area (TPSA) is 32.3 Å². The van der Waals surface area contributed by atoms with Gasteiger partial charge in [-0.3, -0.25) is 4.79 Å². The first-order valence-electron chi connectivity index (χ1n) is 8.52. The van der Waals surface area contributed by atoms with Crippen molar-refractivity contribution in [3.8, 4) is 0 Å². The molecular weight excluding hydrogens is 411 g/mol. The number of rotatable bonds is 4. The van der Waals surface area contributed by atoms with Crippen LogP contribution in [0.25, 0.3) is 0 Å². The van der Waals surface area contributed by atoms with Gasteiger partial charge in [0, 0.05) is 28.9 Å². The minimum absolute atomic E-state index is 0.0143. The zero-order valence-corrected chi connectivity index (χ0v) is 16.2. The highest BCUT2D eigenvalue weighted by Gasteiger charge is 2.12. The lowest BCUT2D eigenvalue weighted by atomic mass is 10.1. The molecular formula is C20H23IN2O. The fraction of sp³-hybridized carbons (Fsp3) is 0.350. The van der Waals surface area contributed by atoms with E-state index in [1.807, 2.05) is 25.1 Å². The Morgan fingerprint density at radius 2 is 1.79 bits per heavy atom. The molecule has 2 aromatic rings. The zero-order valence-electron chi connectivity index (χ0n) is 14.0. The molecule has 1 saturated heterocycles. The van der Waals surface area contributed by atoms with Gasteiger partial charge >= 0.3 is 0 Å². The van der Waals surface area contributed by atoms with Crippen LogP contribution in [0.1, 0.15) is 40.7 Å². The number of nitrogens with one attached hydrogen (secondary N) is 1. The van der Waals surface area contributed by atoms with Crippen LogP contribution in [0.2, 0.25) is 0 Å². The molecule has 0 saturated carbocycles. The normalized spacial score (nSPS) is 14.5. The van der Waals surface area contributed by atoms with E-state index in [1.54, 1.807) is 0 Å². The van der Waals surface area contributed by atoms with Gasteiger partial charge in [0.05, 0.1) is 5.56 Å². The molecule has 0 atom stereocenters. The third kappa shape index (κ3) is 4.29. The quantitative estimate of drug-likeness (QED) is 0.718. The highest BCUT2D eigenvalue weighted by molar-refractivity contribution is 14.1. The summed E-state index contributed by atoms with van der Waals surface area (Å²) >= 11 is 2.22. The lowest BCUT2D eigenvalue weighted by Gasteiger charge is -2.28. The summed E-state index contributed by atoms with van der Waals surface area (Å²) in [5, 5.41) is 3.02. The summed E-state index contributed by atoms with van der Waals surface area (Å²) in [7, 11) is 0. The van der Waals surface area contributed by atoms with Gasteiger partial charge in [-0.25, -0.2) is 0 Å². The van der Waals surface area contributed by atoms with Crippen molar-refractivity contribution in [2.24, 2.45) is 0 Å². The summed E-state index contributed by atoms with van der Waals surface area (Å²) in [5.41, 5.74) is 4.33. The lowest BCUT2D eigenvalue weighted by molar-refractivity contribution is 0.0950. The predicted molar refractivity (Wildman–Crippen MR) is 108 cm³/mol. The van der Waals surface area contributed by atoms with Crippen LogP contribution < -0.4 is 10.2 Å². The van der Waals surface area contributed by atoms with Crippen molar-refractivity contribution < 1.29 is 4.79 Å². The van der Waals surface area contributed by atoms with Crippen LogP contribution in [-0.4, -0.2) is 19.0 Å². The number of hydrogen-bond acceptors (Lipinski definition) is 2. The molecule has 2 aromatic carbocycles. The Hall–Kier alpha value is -1.56. The fourth-order valence-corrected chi connectivity index (χ4v) is 3.97. The van der Waals surface area contributed by atoms with E-state index in [0.717, 1.165) is 27.8 Å². The Bertz CT molecular complexity index is 706. The molecule has 0 spiro atoms. The summed E-state index contributed by atoms with van der Waals surface area (Å²) < 4.78 is 0.991. The Morgan fingerprint density at radius 1 is 1.08 bits per heavy atom. The smallest absolute Gasteiger partial charge is 0.252 e. The number of amides is 1. The van der Waals surface area contributed by atoms with Gasteiger partial charge in [0.1, 0.15) is 0 Å². The van der Waals surface area contributed by atoms with Crippen molar-refractivity contribution in [2.75, 3.05) is 18.0 Å². The SMILES string of the molecule is Cc1ccc(C(=O)NCc2ccc(N3CCCCC3)cc2)c(I)c1. The number of nitrogens with zero attached hydrogens (tertiary/aromatic N) is 1. The van der Waals surface area contributed by atoms with Gasteiger partial charge in [-0.05, 0) is 78.6 Å². The van der Waals surface area contributed by atoms with Gasteiger partial charge in [-0.15, -0.1) is 0 Å². The molecule has 1 heterocycles. The van der Waals surface area contributed by atoms with Gasteiger partial charge < -0.3 is 10.2 Å². The second-order valence-corrected chi connectivity index (χ2v) is 7.54. The van der Waals surface area contributed by atoms with E-state index in [-0.39, 0.29) is 5.91 Å². The van der Waals surface area contributed by atoms with E-state index in [1.165, 1.54) is 30.5 Å². The van der Waals surface area contributed by atoms with Crippen LogP contribution in [0.5, 0.6) is 0 Å². The van der Waals surface area contributed by atoms with E-state index in [4.69, 9.17) is 0 Å². The van der Waals surface area contributed by atoms with Crippen molar-refractivity contribution in [2.45, 2.75) is 32.7 Å². The van der Waals surface area contributed by atoms with Crippen LogP contribution in [0.15, 0.2) is 42.5 Å². The zero-order chi connectivity index (χ0) is 16.9. The summed E-state index contributed by atoms with van der Waals surface area (Å²) in [5.74, 6) is -0.0143. The lowest BCUT2D eigenvalue weighted by Crippen LogP contribution is -2.29. The largest absolute Gasteiger partial charge is 0.372 e. The molecule has 1 aliphatic heterocycles. The minimum atomic E-state index is -0.0143. The van der Waals surface area contributed by atoms with Crippen LogP contribution in [0.3, 0.4) is 0 Å². The maximum Gasteiger partial charge on any atom is 0.252 e. The van der Waals surface area contributed by atoms with Gasteiger partial charge in [-0.1, -0.05) is 23.8 Å². The van der Waals surface area contributed by atoms with Crippen LogP contribution >= 0.6 is 22.6 Å². The van der Waals surface area contributed by atoms with Crippen molar-refractivity contribution in [1.82, 2.24) is 5.32 Å². The monoisotopic (exact) mass is 434 g/mol. The molecule has 0 radical (unpaired) electrons. The van der Waals surface area contributed by atoms with E-state index in [2.05, 4.69) is 57.1 Å². The van der Waals surface area contributed by atoms with E-state index in [9.17, 15) is 4.79 Å². The first-order chi connectivity index (χ1) is 11.6. The van der Waals surface area contributed by atoms with Crippen molar-refractivity contribution in [3.05, 3.63) is 62.7 Å². The van der Waals surface area contributed by atoms with E-state index < -0.39 is 0 Å². The van der Waals surface area contributed by atoms with Gasteiger partial charge in [0.2, 0.25) is 0 Å². The summed E-state index contributed by atoms with van der Waals surface area (Å²) in [6.45, 7) is 4.90. The number of carbonyl (C=O) groups excluding carboxylic acids is 1. The van der Waals surface area contributed by atoms with Crippen molar-refractivity contribution in [1.29, 1.82) is 0 Å². The number of aryl methyl sites for hydroxylation is 1. The van der Waals surface area contributed by atoms with Crippen molar-refractivity contribution in [3.63, 3.8) is 0 Å². The number of carbonyl (C=O) groups is 1. The predicted octanol–water partition coefficient (Wildman–Crippen LogP) is 4.52. The number of piperidine rings is 1. The average Bonchev–Trinajstić information content (AvgIpc) is 2.61. The molecule has 1 amide bonds. The maximum atomic E-state index is 12.3. The molecule has 1 aliphatic rings. The fourth-order valence-electron chi connectivity index (χ4n) is 3.06. The molecule has 1 fully saturated rings. The number of hydrogen-bond donors (Lipinski definition) is 1. The molecule has 126 valence electrons. The van der Waals surface area contributed by atoms with Gasteiger partial charge in [-0.2, -0.15) is 0 Å². The minimum Gasteiger partial charge on any atom is -0.372 e. The molecule has 0 aliphatic carbocycles. The highest BCUT2D eigenvalue weighted by atomic mass is 127. The molecule has 0 bridgehead atoms. The third-order valence-corrected chi connectivity index (χ3v) is 5.37. The molecule has 24 heavy (non-hydrogen) atoms. The Morgan fingerprint density at radius 3 is 2.46 bits per heavy atom. The van der Waals surface area contributed by atoms with Crippen LogP contribution in [0, 0.1) is 10.5 Å². The van der Waals surface area contributed by atoms with Crippen LogP contribution in [-0.2, 0) is 6.54 Å². The van der Waals surface area contributed by atoms with Gasteiger partial charge in [0.15, 0.2) is 0 Å². The highest BCUT2D eigenvalue weighted by Crippen LogP contribution is 2.20. The Balaban J connectivity index is 1.59. The molecule has 0 aromatic heterocycles. The summed E-state index contributed by atoms with van der Waals surface area (Å²) in [6, 6.07) is 14.5. The van der Waals surface area contributed by atoms with Gasteiger partial charge in [0.25, 0.3) is 5.91 Å². The van der Waals surface area contributed by atoms with Crippen molar-refractivity contribution >= 4 is 34.2 Å². The number of anilines is 1. The molecule has 1 N–H and O–H groups in total. The molecule has 0 unspecified atom stereocenters. The summed E-state index contributed by atoms with van der Waals surface area (Å²) in [4.78, 5) is 14.8.